The first-order valence-electron chi connectivity index (χ1n) is 13.9. The van der Waals surface area contributed by atoms with Crippen LogP contribution in [0.25, 0.3) is 0 Å². The van der Waals surface area contributed by atoms with Crippen molar-refractivity contribution < 1.29 is 18.0 Å². The molecule has 1 N–H and O–H groups in total. The first-order chi connectivity index (χ1) is 19.5. The molecule has 3 aromatic rings. The fourth-order valence-corrected chi connectivity index (χ4v) is 5.59. The summed E-state index contributed by atoms with van der Waals surface area (Å²) in [6.45, 7) is 6.23. The second-order valence-electron chi connectivity index (χ2n) is 10.4. The molecule has 0 aliphatic carbocycles. The van der Waals surface area contributed by atoms with Crippen molar-refractivity contribution >= 4 is 39.1 Å². The van der Waals surface area contributed by atoms with Crippen molar-refractivity contribution in [1.82, 2.24) is 10.2 Å². The van der Waals surface area contributed by atoms with Gasteiger partial charge in [-0.3, -0.25) is 13.9 Å². The summed E-state index contributed by atoms with van der Waals surface area (Å²) in [7, 11) is -3.56. The Kier molecular flexibility index (Phi) is 11.8. The molecule has 41 heavy (non-hydrogen) atoms. The molecule has 0 spiro atoms. The molecule has 0 heterocycles. The number of sulfonamides is 1. The van der Waals surface area contributed by atoms with Crippen LogP contribution >= 0.6 is 11.6 Å². The van der Waals surface area contributed by atoms with Crippen molar-refractivity contribution in [3.8, 4) is 0 Å². The molecule has 0 saturated heterocycles. The minimum absolute atomic E-state index is 0.0499. The topological polar surface area (TPSA) is 86.8 Å². The van der Waals surface area contributed by atoms with Gasteiger partial charge in [-0.15, -0.1) is 0 Å². The number of halogens is 1. The maximum absolute atomic E-state index is 13.9. The van der Waals surface area contributed by atoms with Gasteiger partial charge < -0.3 is 10.2 Å². The molecule has 0 aliphatic rings. The monoisotopic (exact) mass is 597 g/mol. The summed E-state index contributed by atoms with van der Waals surface area (Å²) in [6.07, 6.45) is 2.64. The smallest absolute Gasteiger partial charge is 0.243 e. The van der Waals surface area contributed by atoms with E-state index in [9.17, 15) is 18.0 Å². The number of carbonyl (C=O) groups excluding carboxylic acids is 2. The highest BCUT2D eigenvalue weighted by atomic mass is 35.5. The van der Waals surface area contributed by atoms with Crippen LogP contribution in [0.3, 0.4) is 0 Å². The SMILES string of the molecule is CC[C@H](C)NC(=O)[C@@H](Cc1ccccc1)N(Cc1ccc(Cl)cc1)C(=O)CCCN(c1ccc(C)cc1)S(C)(=O)=O. The minimum atomic E-state index is -3.56. The fourth-order valence-electron chi connectivity index (χ4n) is 4.50. The van der Waals surface area contributed by atoms with E-state index < -0.39 is 16.1 Å². The van der Waals surface area contributed by atoms with Gasteiger partial charge >= 0.3 is 0 Å². The Hall–Kier alpha value is -3.36. The maximum Gasteiger partial charge on any atom is 0.243 e. The van der Waals surface area contributed by atoms with Crippen molar-refractivity contribution in [2.24, 2.45) is 0 Å². The number of hydrogen-bond acceptors (Lipinski definition) is 4. The van der Waals surface area contributed by atoms with Gasteiger partial charge in [0.25, 0.3) is 0 Å². The van der Waals surface area contributed by atoms with Crippen LogP contribution in [0.5, 0.6) is 0 Å². The summed E-state index contributed by atoms with van der Waals surface area (Å²) in [5, 5.41) is 3.64. The van der Waals surface area contributed by atoms with Crippen LogP contribution in [0.1, 0.15) is 49.8 Å². The molecule has 3 rings (SSSR count). The number of hydrogen-bond donors (Lipinski definition) is 1. The van der Waals surface area contributed by atoms with E-state index in [0.717, 1.165) is 29.4 Å². The number of aryl methyl sites for hydroxylation is 1. The summed E-state index contributed by atoms with van der Waals surface area (Å²) in [4.78, 5) is 29.1. The van der Waals surface area contributed by atoms with Crippen molar-refractivity contribution in [2.45, 2.75) is 65.1 Å². The van der Waals surface area contributed by atoms with Crippen molar-refractivity contribution in [2.75, 3.05) is 17.1 Å². The van der Waals surface area contributed by atoms with E-state index in [4.69, 9.17) is 11.6 Å². The van der Waals surface area contributed by atoms with Crippen LogP contribution in [0.15, 0.2) is 78.9 Å². The standard InChI is InChI=1S/C32H40ClN3O4S/c1-5-25(3)34-32(38)30(22-26-10-7-6-8-11-26)35(23-27-15-17-28(33)18-16-27)31(37)12-9-21-36(41(4,39)40)29-19-13-24(2)14-20-29/h6-8,10-11,13-20,25,30H,5,9,12,21-23H2,1-4H3,(H,34,38)/t25-,30+/m0/s1. The third-order valence-electron chi connectivity index (χ3n) is 7.01. The predicted molar refractivity (Wildman–Crippen MR) is 166 cm³/mol. The second-order valence-corrected chi connectivity index (χ2v) is 12.8. The number of anilines is 1. The zero-order valence-corrected chi connectivity index (χ0v) is 25.8. The van der Waals surface area contributed by atoms with E-state index in [0.29, 0.717) is 23.6 Å². The van der Waals surface area contributed by atoms with Gasteiger partial charge in [0.2, 0.25) is 21.8 Å². The van der Waals surface area contributed by atoms with Gasteiger partial charge in [-0.25, -0.2) is 8.42 Å². The molecule has 0 aliphatic heterocycles. The highest BCUT2D eigenvalue weighted by Crippen LogP contribution is 2.21. The zero-order chi connectivity index (χ0) is 30.0. The Balaban J connectivity index is 1.88. The zero-order valence-electron chi connectivity index (χ0n) is 24.2. The lowest BCUT2D eigenvalue weighted by Crippen LogP contribution is -2.52. The third-order valence-corrected chi connectivity index (χ3v) is 8.46. The average molecular weight is 598 g/mol. The van der Waals surface area contributed by atoms with Crippen molar-refractivity contribution in [1.29, 1.82) is 0 Å². The number of nitrogens with zero attached hydrogens (tertiary/aromatic N) is 2. The minimum Gasteiger partial charge on any atom is -0.352 e. The molecule has 9 heteroatoms. The van der Waals surface area contributed by atoms with Crippen LogP contribution in [0.4, 0.5) is 5.69 Å². The quantitative estimate of drug-likeness (QED) is 0.256. The molecule has 3 aromatic carbocycles. The molecule has 7 nitrogen and oxygen atoms in total. The van der Waals surface area contributed by atoms with E-state index in [1.807, 2.05) is 75.4 Å². The van der Waals surface area contributed by atoms with Gasteiger partial charge in [-0.05, 0) is 62.1 Å². The molecule has 0 unspecified atom stereocenters. The van der Waals surface area contributed by atoms with E-state index in [2.05, 4.69) is 5.32 Å². The summed E-state index contributed by atoms with van der Waals surface area (Å²) in [6, 6.07) is 23.3. The lowest BCUT2D eigenvalue weighted by Gasteiger charge is -2.32. The van der Waals surface area contributed by atoms with E-state index >= 15 is 0 Å². The molecule has 2 amide bonds. The second kappa shape index (κ2) is 15.0. The average Bonchev–Trinajstić information content (AvgIpc) is 2.94. The number of rotatable bonds is 14. The van der Waals surface area contributed by atoms with Gasteiger partial charge in [0.15, 0.2) is 0 Å². The molecule has 2 atom stereocenters. The van der Waals surface area contributed by atoms with Gasteiger partial charge in [0.05, 0.1) is 11.9 Å². The van der Waals surface area contributed by atoms with Crippen LogP contribution in [-0.2, 0) is 32.6 Å². The van der Waals surface area contributed by atoms with E-state index in [1.54, 1.807) is 29.2 Å². The largest absolute Gasteiger partial charge is 0.352 e. The summed E-state index contributed by atoms with van der Waals surface area (Å²) < 4.78 is 26.5. The maximum atomic E-state index is 13.9. The first kappa shape index (κ1) is 32.2. The molecule has 220 valence electrons. The number of benzene rings is 3. The van der Waals surface area contributed by atoms with Crippen molar-refractivity contribution in [3.63, 3.8) is 0 Å². The van der Waals surface area contributed by atoms with Gasteiger partial charge in [0, 0.05) is 37.0 Å². The Morgan fingerprint density at radius 3 is 2.15 bits per heavy atom. The summed E-state index contributed by atoms with van der Waals surface area (Å²) in [5.74, 6) is -0.444. The van der Waals surface area contributed by atoms with E-state index in [1.165, 1.54) is 4.31 Å². The summed E-state index contributed by atoms with van der Waals surface area (Å²) in [5.41, 5.74) is 3.36. The number of amides is 2. The third kappa shape index (κ3) is 9.90. The Morgan fingerprint density at radius 2 is 1.56 bits per heavy atom. The van der Waals surface area contributed by atoms with Gasteiger partial charge in [-0.2, -0.15) is 0 Å². The van der Waals surface area contributed by atoms with Crippen LogP contribution in [0, 0.1) is 6.92 Å². The molecule has 0 bridgehead atoms. The molecule has 0 radical (unpaired) electrons. The first-order valence-corrected chi connectivity index (χ1v) is 16.1. The Bertz CT molecular complexity index is 1380. The highest BCUT2D eigenvalue weighted by molar-refractivity contribution is 7.92. The Morgan fingerprint density at radius 1 is 0.927 bits per heavy atom. The molecular formula is C32H40ClN3O4S. The predicted octanol–water partition coefficient (Wildman–Crippen LogP) is 5.75. The van der Waals surface area contributed by atoms with Crippen molar-refractivity contribution in [3.05, 3.63) is 101 Å². The number of carbonyl (C=O) groups is 2. The molecule has 0 fully saturated rings. The molecule has 0 aromatic heterocycles. The molecular weight excluding hydrogens is 558 g/mol. The highest BCUT2D eigenvalue weighted by Gasteiger charge is 2.31. The lowest BCUT2D eigenvalue weighted by atomic mass is 10.0. The van der Waals surface area contributed by atoms with Gasteiger partial charge in [0.1, 0.15) is 6.04 Å². The summed E-state index contributed by atoms with van der Waals surface area (Å²) >= 11 is 6.10. The van der Waals surface area contributed by atoms with Crippen LogP contribution in [-0.4, -0.2) is 50.0 Å². The van der Waals surface area contributed by atoms with Gasteiger partial charge in [-0.1, -0.05) is 78.7 Å². The Labute approximate surface area is 249 Å². The van der Waals surface area contributed by atoms with Crippen LogP contribution in [0.2, 0.25) is 5.02 Å². The van der Waals surface area contributed by atoms with Crippen LogP contribution < -0.4 is 9.62 Å². The molecule has 0 saturated carbocycles. The normalized spacial score (nSPS) is 12.8. The number of nitrogens with one attached hydrogen (secondary N) is 1. The lowest BCUT2D eigenvalue weighted by molar-refractivity contribution is -0.141. The fraction of sp³-hybridized carbons (Fsp3) is 0.375. The van der Waals surface area contributed by atoms with E-state index in [-0.39, 0.29) is 37.4 Å².